The molecule has 0 spiro atoms. The zero-order valence-electron chi connectivity index (χ0n) is 14.4. The molecule has 146 valence electrons. The molecule has 10 heteroatoms. The fourth-order valence-electron chi connectivity index (χ4n) is 2.98. The molecule has 0 aromatic heterocycles. The van der Waals surface area contributed by atoms with E-state index in [1.54, 1.807) is 55.5 Å². The van der Waals surface area contributed by atoms with Gasteiger partial charge in [-0.2, -0.15) is 8.61 Å². The van der Waals surface area contributed by atoms with Gasteiger partial charge in [0.2, 0.25) is 20.0 Å². The molecular formula is C17H18I2N2O4S2. The van der Waals surface area contributed by atoms with Crippen molar-refractivity contribution in [2.75, 3.05) is 19.6 Å². The summed E-state index contributed by atoms with van der Waals surface area (Å²) in [5, 5.41) is 0. The van der Waals surface area contributed by atoms with Crippen molar-refractivity contribution in [1.29, 1.82) is 0 Å². The molecule has 0 N–H and O–H groups in total. The summed E-state index contributed by atoms with van der Waals surface area (Å²) >= 11 is 4.24. The van der Waals surface area contributed by atoms with Crippen LogP contribution in [-0.4, -0.2) is 51.1 Å². The first-order chi connectivity index (χ1) is 12.6. The van der Waals surface area contributed by atoms with Crippen LogP contribution in [0.1, 0.15) is 6.92 Å². The molecule has 3 rings (SSSR count). The normalized spacial score (nSPS) is 19.9. The summed E-state index contributed by atoms with van der Waals surface area (Å²) in [6.07, 6.45) is 0. The van der Waals surface area contributed by atoms with Crippen molar-refractivity contribution in [3.8, 4) is 0 Å². The molecule has 1 aliphatic heterocycles. The zero-order valence-corrected chi connectivity index (χ0v) is 20.4. The Kier molecular flexibility index (Phi) is 6.53. The molecule has 1 aliphatic rings. The molecular weight excluding hydrogens is 614 g/mol. The molecule has 1 heterocycles. The lowest BCUT2D eigenvalue weighted by Crippen LogP contribution is -2.55. The topological polar surface area (TPSA) is 74.8 Å². The highest BCUT2D eigenvalue weighted by atomic mass is 127. The lowest BCUT2D eigenvalue weighted by Gasteiger charge is -2.38. The van der Waals surface area contributed by atoms with Gasteiger partial charge in [-0.05, 0) is 101 Å². The second kappa shape index (κ2) is 8.22. The van der Waals surface area contributed by atoms with Crippen LogP contribution in [0.25, 0.3) is 0 Å². The molecule has 27 heavy (non-hydrogen) atoms. The summed E-state index contributed by atoms with van der Waals surface area (Å²) in [5.41, 5.74) is 0. The summed E-state index contributed by atoms with van der Waals surface area (Å²) in [5.74, 6) is 0. The Morgan fingerprint density at radius 1 is 0.778 bits per heavy atom. The molecule has 0 unspecified atom stereocenters. The van der Waals surface area contributed by atoms with Gasteiger partial charge in [-0.3, -0.25) is 0 Å². The molecule has 0 bridgehead atoms. The minimum absolute atomic E-state index is 0.123. The molecule has 0 saturated carbocycles. The van der Waals surface area contributed by atoms with E-state index in [-0.39, 0.29) is 29.4 Å². The number of benzene rings is 2. The fraction of sp³-hybridized carbons (Fsp3) is 0.294. The van der Waals surface area contributed by atoms with Gasteiger partial charge in [-0.15, -0.1) is 0 Å². The van der Waals surface area contributed by atoms with E-state index in [4.69, 9.17) is 0 Å². The van der Waals surface area contributed by atoms with Gasteiger partial charge >= 0.3 is 0 Å². The van der Waals surface area contributed by atoms with Crippen molar-refractivity contribution in [2.45, 2.75) is 22.8 Å². The van der Waals surface area contributed by atoms with Gasteiger partial charge in [0.15, 0.2) is 0 Å². The highest BCUT2D eigenvalue weighted by molar-refractivity contribution is 14.1. The quantitative estimate of drug-likeness (QED) is 0.487. The molecule has 1 fully saturated rings. The van der Waals surface area contributed by atoms with Crippen LogP contribution in [0.15, 0.2) is 58.3 Å². The average Bonchev–Trinajstić information content (AvgIpc) is 2.62. The molecule has 0 radical (unpaired) electrons. The second-order valence-corrected chi connectivity index (χ2v) is 12.6. The third-order valence-corrected chi connectivity index (χ3v) is 9.75. The van der Waals surface area contributed by atoms with Crippen molar-refractivity contribution < 1.29 is 16.8 Å². The van der Waals surface area contributed by atoms with E-state index in [9.17, 15) is 16.8 Å². The van der Waals surface area contributed by atoms with Gasteiger partial charge < -0.3 is 0 Å². The maximum absolute atomic E-state index is 12.9. The maximum Gasteiger partial charge on any atom is 0.243 e. The van der Waals surface area contributed by atoms with Gasteiger partial charge in [0.1, 0.15) is 0 Å². The lowest BCUT2D eigenvalue weighted by molar-refractivity contribution is 0.212. The monoisotopic (exact) mass is 632 g/mol. The Labute approximate surface area is 187 Å². The van der Waals surface area contributed by atoms with E-state index >= 15 is 0 Å². The summed E-state index contributed by atoms with van der Waals surface area (Å²) in [6, 6.07) is 12.8. The first kappa shape index (κ1) is 21.4. The van der Waals surface area contributed by atoms with Gasteiger partial charge in [0.05, 0.1) is 9.79 Å². The first-order valence-electron chi connectivity index (χ1n) is 8.15. The van der Waals surface area contributed by atoms with E-state index < -0.39 is 26.1 Å². The number of rotatable bonds is 4. The van der Waals surface area contributed by atoms with Crippen LogP contribution in [0.3, 0.4) is 0 Å². The molecule has 2 aromatic rings. The van der Waals surface area contributed by atoms with Gasteiger partial charge in [-0.25, -0.2) is 16.8 Å². The lowest BCUT2D eigenvalue weighted by atomic mass is 10.3. The summed E-state index contributed by atoms with van der Waals surface area (Å²) in [4.78, 5) is 0.452. The average molecular weight is 632 g/mol. The van der Waals surface area contributed by atoms with Crippen molar-refractivity contribution >= 4 is 65.2 Å². The standard InChI is InChI=1S/C17H18I2N2O4S2/c1-13-12-20(26(22,23)16-6-2-14(18)3-7-16)10-11-21(13)27(24,25)17-8-4-15(19)5-9-17/h2-9,13H,10-12H2,1H3/t13-/m0/s1. The van der Waals surface area contributed by atoms with Crippen molar-refractivity contribution in [3.63, 3.8) is 0 Å². The minimum Gasteiger partial charge on any atom is -0.207 e. The number of sulfonamides is 2. The van der Waals surface area contributed by atoms with E-state index in [1.165, 1.54) is 8.61 Å². The highest BCUT2D eigenvalue weighted by Crippen LogP contribution is 2.25. The molecule has 0 amide bonds. The summed E-state index contributed by atoms with van der Waals surface area (Å²) in [7, 11) is -7.30. The number of piperazine rings is 1. The van der Waals surface area contributed by atoms with E-state index in [2.05, 4.69) is 45.2 Å². The smallest absolute Gasteiger partial charge is 0.207 e. The Balaban J connectivity index is 1.81. The van der Waals surface area contributed by atoms with Crippen LogP contribution >= 0.6 is 45.2 Å². The zero-order chi connectivity index (χ0) is 19.8. The van der Waals surface area contributed by atoms with Crippen LogP contribution < -0.4 is 0 Å². The number of halogens is 2. The predicted octanol–water partition coefficient (Wildman–Crippen LogP) is 2.98. The molecule has 2 aromatic carbocycles. The van der Waals surface area contributed by atoms with E-state index in [0.29, 0.717) is 0 Å². The molecule has 1 saturated heterocycles. The minimum atomic E-state index is -3.66. The Bertz CT molecular complexity index is 1020. The Hall–Kier alpha value is -0.280. The second-order valence-electron chi connectivity index (χ2n) is 6.24. The molecule has 1 atom stereocenters. The van der Waals surface area contributed by atoms with Crippen LogP contribution in [0, 0.1) is 7.14 Å². The summed E-state index contributed by atoms with van der Waals surface area (Å²) < 4.78 is 56.2. The van der Waals surface area contributed by atoms with Gasteiger partial charge in [0.25, 0.3) is 0 Å². The molecule has 6 nitrogen and oxygen atoms in total. The van der Waals surface area contributed by atoms with Crippen LogP contribution in [0.5, 0.6) is 0 Å². The van der Waals surface area contributed by atoms with Gasteiger partial charge in [0, 0.05) is 32.8 Å². The largest absolute Gasteiger partial charge is 0.243 e. The van der Waals surface area contributed by atoms with E-state index in [1.807, 2.05) is 0 Å². The third kappa shape index (κ3) is 4.50. The van der Waals surface area contributed by atoms with Crippen LogP contribution in [0.2, 0.25) is 0 Å². The third-order valence-electron chi connectivity index (χ3n) is 4.40. The maximum atomic E-state index is 12.9. The fourth-order valence-corrected chi connectivity index (χ4v) is 6.83. The molecule has 0 aliphatic carbocycles. The number of nitrogens with zero attached hydrogens (tertiary/aromatic N) is 2. The Morgan fingerprint density at radius 3 is 1.67 bits per heavy atom. The first-order valence-corrected chi connectivity index (χ1v) is 13.2. The number of hydrogen-bond acceptors (Lipinski definition) is 4. The van der Waals surface area contributed by atoms with Crippen molar-refractivity contribution in [1.82, 2.24) is 8.61 Å². The Morgan fingerprint density at radius 2 is 1.22 bits per heavy atom. The van der Waals surface area contributed by atoms with Crippen LogP contribution in [0.4, 0.5) is 0 Å². The van der Waals surface area contributed by atoms with Crippen molar-refractivity contribution in [2.24, 2.45) is 0 Å². The SMILES string of the molecule is C[C@H]1CN(S(=O)(=O)c2ccc(I)cc2)CCN1S(=O)(=O)c1ccc(I)cc1. The summed E-state index contributed by atoms with van der Waals surface area (Å²) in [6.45, 7) is 2.11. The van der Waals surface area contributed by atoms with Crippen LogP contribution in [-0.2, 0) is 20.0 Å². The highest BCUT2D eigenvalue weighted by Gasteiger charge is 2.38. The van der Waals surface area contributed by atoms with Gasteiger partial charge in [-0.1, -0.05) is 0 Å². The van der Waals surface area contributed by atoms with E-state index in [0.717, 1.165) is 7.14 Å². The number of hydrogen-bond donors (Lipinski definition) is 0. The van der Waals surface area contributed by atoms with Crippen molar-refractivity contribution in [3.05, 3.63) is 55.7 Å². The predicted molar refractivity (Wildman–Crippen MR) is 120 cm³/mol.